The van der Waals surface area contributed by atoms with Crippen molar-refractivity contribution >= 4 is 35.7 Å². The second-order valence-electron chi connectivity index (χ2n) is 10.4. The van der Waals surface area contributed by atoms with Gasteiger partial charge < -0.3 is 25.0 Å². The lowest BCUT2D eigenvalue weighted by molar-refractivity contribution is -0.144. The molecule has 1 fully saturated rings. The predicted molar refractivity (Wildman–Crippen MR) is 144 cm³/mol. The van der Waals surface area contributed by atoms with Gasteiger partial charge in [-0.15, -0.1) is 12.4 Å². The van der Waals surface area contributed by atoms with Crippen molar-refractivity contribution in [2.45, 2.75) is 51.6 Å². The van der Waals surface area contributed by atoms with Crippen LogP contribution in [0, 0.1) is 5.41 Å². The first kappa shape index (κ1) is 30.5. The van der Waals surface area contributed by atoms with Gasteiger partial charge in [0.25, 0.3) is 5.91 Å². The van der Waals surface area contributed by atoms with Gasteiger partial charge >= 0.3 is 0 Å². The van der Waals surface area contributed by atoms with E-state index in [1.807, 2.05) is 32.0 Å². The average molecular weight is 538 g/mol. The molecule has 2 aliphatic rings. The Morgan fingerprint density at radius 1 is 1.16 bits per heavy atom. The predicted octanol–water partition coefficient (Wildman–Crippen LogP) is 1.93. The van der Waals surface area contributed by atoms with Crippen LogP contribution in [0.2, 0.25) is 0 Å². The molecule has 1 atom stereocenters. The van der Waals surface area contributed by atoms with Gasteiger partial charge in [0.2, 0.25) is 11.7 Å². The van der Waals surface area contributed by atoms with Crippen molar-refractivity contribution in [1.29, 1.82) is 0 Å². The normalized spacial score (nSPS) is 18.9. The Morgan fingerprint density at radius 3 is 2.35 bits per heavy atom. The minimum absolute atomic E-state index is 0. The van der Waals surface area contributed by atoms with Crippen molar-refractivity contribution in [2.24, 2.45) is 16.3 Å². The van der Waals surface area contributed by atoms with E-state index in [0.29, 0.717) is 24.5 Å². The van der Waals surface area contributed by atoms with E-state index in [-0.39, 0.29) is 30.8 Å². The number of piperidine rings is 1. The number of benzene rings is 1. The van der Waals surface area contributed by atoms with Crippen LogP contribution in [0.3, 0.4) is 0 Å². The number of amides is 2. The number of ether oxygens (including phenoxy) is 2. The summed E-state index contributed by atoms with van der Waals surface area (Å²) < 4.78 is 10.8. The van der Waals surface area contributed by atoms with Crippen LogP contribution >= 0.6 is 12.4 Å². The van der Waals surface area contributed by atoms with Crippen LogP contribution in [0.1, 0.15) is 45.1 Å². The van der Waals surface area contributed by atoms with Gasteiger partial charge in [-0.05, 0) is 31.0 Å². The summed E-state index contributed by atoms with van der Waals surface area (Å²) in [5, 5.41) is 6.49. The second kappa shape index (κ2) is 12.7. The zero-order chi connectivity index (χ0) is 26.6. The summed E-state index contributed by atoms with van der Waals surface area (Å²) in [4.78, 5) is 40.6. The van der Waals surface area contributed by atoms with E-state index in [9.17, 15) is 14.4 Å². The summed E-state index contributed by atoms with van der Waals surface area (Å²) in [6.07, 6.45) is 2.06. The molecule has 2 amide bonds. The smallest absolute Gasteiger partial charge is 0.289 e. The summed E-state index contributed by atoms with van der Waals surface area (Å²) in [6.45, 7) is 5.91. The van der Waals surface area contributed by atoms with Crippen LogP contribution in [-0.2, 0) is 14.4 Å². The number of carbonyl (C=O) groups excluding carboxylic acids is 3. The molecule has 1 aromatic rings. The van der Waals surface area contributed by atoms with E-state index >= 15 is 0 Å². The molecule has 10 nitrogen and oxygen atoms in total. The molecule has 0 unspecified atom stereocenters. The molecule has 3 rings (SSSR count). The van der Waals surface area contributed by atoms with Crippen LogP contribution in [-0.4, -0.2) is 98.2 Å². The zero-order valence-corrected chi connectivity index (χ0v) is 23.5. The summed E-state index contributed by atoms with van der Waals surface area (Å²) in [5.41, 5.74) is 7.33. The number of hydrazone groups is 1. The van der Waals surface area contributed by atoms with Crippen LogP contribution < -0.4 is 15.2 Å². The van der Waals surface area contributed by atoms with Crippen molar-refractivity contribution < 1.29 is 23.9 Å². The molecule has 0 spiro atoms. The monoisotopic (exact) mass is 537 g/mol. The summed E-state index contributed by atoms with van der Waals surface area (Å²) in [6, 6.07) is 5.26. The highest BCUT2D eigenvalue weighted by Gasteiger charge is 2.41. The van der Waals surface area contributed by atoms with Gasteiger partial charge in [0.15, 0.2) is 11.5 Å². The number of rotatable bonds is 9. The summed E-state index contributed by atoms with van der Waals surface area (Å²) in [7, 11) is 6.30. The van der Waals surface area contributed by atoms with Crippen LogP contribution in [0.15, 0.2) is 23.3 Å². The molecule has 1 saturated heterocycles. The number of carbonyl (C=O) groups is 3. The highest BCUT2D eigenvalue weighted by molar-refractivity contribution is 6.36. The van der Waals surface area contributed by atoms with Crippen molar-refractivity contribution in [2.75, 3.05) is 47.9 Å². The number of halogens is 1. The zero-order valence-electron chi connectivity index (χ0n) is 22.7. The highest BCUT2D eigenvalue weighted by atomic mass is 35.5. The third kappa shape index (κ3) is 7.21. The molecule has 11 heteroatoms. The first-order valence-electron chi connectivity index (χ1n) is 12.3. The molecule has 2 heterocycles. The number of hydrogen-bond acceptors (Lipinski definition) is 8. The minimum atomic E-state index is -0.580. The SMILES string of the molecule is COc1ccc(C2=NN(C3CCN(C[C@H](N)CC(=O)C(=O)N(C)C)CC3)C(=O)C(C)(C)C2)cc1OC.Cl. The first-order valence-corrected chi connectivity index (χ1v) is 12.3. The van der Waals surface area contributed by atoms with E-state index in [1.54, 1.807) is 33.3 Å². The van der Waals surface area contributed by atoms with Gasteiger partial charge in [-0.25, -0.2) is 5.01 Å². The molecule has 0 aromatic heterocycles. The molecule has 206 valence electrons. The van der Waals surface area contributed by atoms with Crippen LogP contribution in [0.25, 0.3) is 0 Å². The number of methoxy groups -OCH3 is 2. The topological polar surface area (TPSA) is 118 Å². The van der Waals surface area contributed by atoms with E-state index in [1.165, 1.54) is 4.90 Å². The fourth-order valence-corrected chi connectivity index (χ4v) is 4.76. The van der Waals surface area contributed by atoms with Crippen molar-refractivity contribution in [3.05, 3.63) is 23.8 Å². The van der Waals surface area contributed by atoms with Gasteiger partial charge in [0.05, 0.1) is 31.4 Å². The molecule has 0 aliphatic carbocycles. The largest absolute Gasteiger partial charge is 0.493 e. The van der Waals surface area contributed by atoms with Gasteiger partial charge in [0.1, 0.15) is 0 Å². The Kier molecular flexibility index (Phi) is 10.5. The fourth-order valence-electron chi connectivity index (χ4n) is 4.76. The molecule has 2 aliphatic heterocycles. The summed E-state index contributed by atoms with van der Waals surface area (Å²) in [5.74, 6) is 0.284. The quantitative estimate of drug-likeness (QED) is 0.478. The van der Waals surface area contributed by atoms with Gasteiger partial charge in [0, 0.05) is 58.2 Å². The number of ketones is 1. The molecule has 0 radical (unpaired) electrons. The lowest BCUT2D eigenvalue weighted by Gasteiger charge is -2.42. The number of Topliss-reactive ketones (excluding diaryl/α,β-unsaturated/α-hetero) is 1. The molecule has 2 N–H and O–H groups in total. The molecular weight excluding hydrogens is 498 g/mol. The molecule has 1 aromatic carbocycles. The maximum absolute atomic E-state index is 13.3. The Hall–Kier alpha value is -2.69. The maximum atomic E-state index is 13.3. The fraction of sp³-hybridized carbons (Fsp3) is 0.615. The molecule has 0 bridgehead atoms. The lowest BCUT2D eigenvalue weighted by atomic mass is 9.82. The lowest BCUT2D eigenvalue weighted by Crippen LogP contribution is -2.53. The number of nitrogens with two attached hydrogens (primary N) is 1. The van der Waals surface area contributed by atoms with Gasteiger partial charge in [-0.1, -0.05) is 13.8 Å². The third-order valence-electron chi connectivity index (χ3n) is 6.83. The standard InChI is InChI=1S/C26H39N5O5.ClH/c1-26(2)15-20(17-7-8-22(35-5)23(13-17)36-6)28-31(25(26)34)19-9-11-30(12-10-19)16-18(27)14-21(32)24(33)29(3)4;/h7-8,13,18-19H,9-12,14-16,27H2,1-6H3;1H/t18-;/m1./s1. The van der Waals surface area contributed by atoms with E-state index in [0.717, 1.165) is 37.2 Å². The number of likely N-dealkylation sites (tertiary alicyclic amines) is 1. The van der Waals surface area contributed by atoms with E-state index < -0.39 is 23.1 Å². The van der Waals surface area contributed by atoms with E-state index in [2.05, 4.69) is 4.90 Å². The third-order valence-corrected chi connectivity index (χ3v) is 6.83. The summed E-state index contributed by atoms with van der Waals surface area (Å²) >= 11 is 0. The average Bonchev–Trinajstić information content (AvgIpc) is 2.84. The highest BCUT2D eigenvalue weighted by Crippen LogP contribution is 2.36. The number of nitrogens with zero attached hydrogens (tertiary/aromatic N) is 4. The van der Waals surface area contributed by atoms with Crippen molar-refractivity contribution in [3.63, 3.8) is 0 Å². The van der Waals surface area contributed by atoms with Crippen LogP contribution in [0.5, 0.6) is 11.5 Å². The van der Waals surface area contributed by atoms with Crippen LogP contribution in [0.4, 0.5) is 0 Å². The van der Waals surface area contributed by atoms with Gasteiger partial charge in [-0.2, -0.15) is 5.10 Å². The Balaban J connectivity index is 0.00000481. The van der Waals surface area contributed by atoms with Crippen molar-refractivity contribution in [3.8, 4) is 11.5 Å². The van der Waals surface area contributed by atoms with Gasteiger partial charge in [-0.3, -0.25) is 14.4 Å². The molecular formula is C26H40ClN5O5. The second-order valence-corrected chi connectivity index (χ2v) is 10.4. The number of likely N-dealkylation sites (N-methyl/N-ethyl adjacent to an activating group) is 1. The Bertz CT molecular complexity index is 1020. The Labute approximate surface area is 225 Å². The number of hydrogen-bond donors (Lipinski definition) is 1. The molecule has 37 heavy (non-hydrogen) atoms. The minimum Gasteiger partial charge on any atom is -0.493 e. The Morgan fingerprint density at radius 2 is 1.78 bits per heavy atom. The molecule has 0 saturated carbocycles. The van der Waals surface area contributed by atoms with E-state index in [4.69, 9.17) is 20.3 Å². The maximum Gasteiger partial charge on any atom is 0.289 e. The van der Waals surface area contributed by atoms with Crippen molar-refractivity contribution in [1.82, 2.24) is 14.8 Å². The first-order chi connectivity index (χ1) is 17.0.